The lowest BCUT2D eigenvalue weighted by Crippen LogP contribution is -2.40. The molecule has 112 valence electrons. The van der Waals surface area contributed by atoms with Crippen LogP contribution in [-0.2, 0) is 9.53 Å². The van der Waals surface area contributed by atoms with E-state index in [4.69, 9.17) is 9.15 Å². The number of ether oxygens (including phenoxy) is 1. The van der Waals surface area contributed by atoms with Crippen LogP contribution in [0.15, 0.2) is 22.8 Å². The minimum atomic E-state index is 0.105. The van der Waals surface area contributed by atoms with Gasteiger partial charge in [-0.3, -0.25) is 4.79 Å². The Labute approximate surface area is 121 Å². The van der Waals surface area contributed by atoms with Crippen molar-refractivity contribution < 1.29 is 13.9 Å². The summed E-state index contributed by atoms with van der Waals surface area (Å²) in [5.41, 5.74) is 0. The van der Waals surface area contributed by atoms with Crippen molar-refractivity contribution in [2.45, 2.75) is 45.6 Å². The molecule has 0 N–H and O–H groups in total. The Morgan fingerprint density at radius 3 is 3.10 bits per heavy atom. The maximum absolute atomic E-state index is 12.4. The van der Waals surface area contributed by atoms with Crippen molar-refractivity contribution in [3.63, 3.8) is 0 Å². The summed E-state index contributed by atoms with van der Waals surface area (Å²) in [6, 6.07) is 3.98. The number of piperidine rings is 1. The Balaban J connectivity index is 1.94. The first kappa shape index (κ1) is 15.1. The van der Waals surface area contributed by atoms with Crippen molar-refractivity contribution in [3.8, 4) is 0 Å². The maximum Gasteiger partial charge on any atom is 0.223 e. The second kappa shape index (κ2) is 7.48. The van der Waals surface area contributed by atoms with E-state index in [2.05, 4.69) is 6.92 Å². The molecule has 1 aliphatic rings. The third-order valence-corrected chi connectivity index (χ3v) is 3.94. The van der Waals surface area contributed by atoms with Gasteiger partial charge in [0.2, 0.25) is 5.91 Å². The van der Waals surface area contributed by atoms with Crippen molar-refractivity contribution in [2.24, 2.45) is 5.92 Å². The van der Waals surface area contributed by atoms with Crippen LogP contribution in [-0.4, -0.2) is 30.6 Å². The summed E-state index contributed by atoms with van der Waals surface area (Å²) in [5.74, 6) is 1.77. The smallest absolute Gasteiger partial charge is 0.223 e. The molecule has 0 aromatic carbocycles. The van der Waals surface area contributed by atoms with Gasteiger partial charge in [0, 0.05) is 26.2 Å². The Kier molecular flexibility index (Phi) is 5.65. The van der Waals surface area contributed by atoms with Gasteiger partial charge in [0.25, 0.3) is 0 Å². The predicted molar refractivity (Wildman–Crippen MR) is 77.3 cm³/mol. The van der Waals surface area contributed by atoms with E-state index in [0.29, 0.717) is 25.6 Å². The van der Waals surface area contributed by atoms with Crippen molar-refractivity contribution in [3.05, 3.63) is 24.2 Å². The van der Waals surface area contributed by atoms with E-state index in [9.17, 15) is 4.79 Å². The maximum atomic E-state index is 12.4. The SMILES string of the molecule is CCOCCCC(=O)N1CC[C@@H](C)C[C@H]1c1ccco1. The van der Waals surface area contributed by atoms with Crippen molar-refractivity contribution in [1.29, 1.82) is 0 Å². The van der Waals surface area contributed by atoms with E-state index in [1.54, 1.807) is 6.26 Å². The first-order chi connectivity index (χ1) is 9.72. The Morgan fingerprint density at radius 1 is 1.55 bits per heavy atom. The van der Waals surface area contributed by atoms with Crippen LogP contribution in [0.2, 0.25) is 0 Å². The zero-order valence-corrected chi connectivity index (χ0v) is 12.5. The summed E-state index contributed by atoms with van der Waals surface area (Å²) < 4.78 is 10.8. The highest BCUT2D eigenvalue weighted by Gasteiger charge is 2.32. The molecular weight excluding hydrogens is 254 g/mol. The lowest BCUT2D eigenvalue weighted by molar-refractivity contribution is -0.136. The molecule has 2 atom stereocenters. The Morgan fingerprint density at radius 2 is 2.40 bits per heavy atom. The van der Waals surface area contributed by atoms with E-state index in [1.807, 2.05) is 24.0 Å². The Bertz CT molecular complexity index is 402. The highest BCUT2D eigenvalue weighted by Crippen LogP contribution is 2.34. The normalized spacial score (nSPS) is 23.0. The minimum absolute atomic E-state index is 0.105. The lowest BCUT2D eigenvalue weighted by atomic mass is 9.90. The molecule has 1 aliphatic heterocycles. The molecule has 20 heavy (non-hydrogen) atoms. The number of carbonyl (C=O) groups is 1. The van der Waals surface area contributed by atoms with Gasteiger partial charge in [-0.15, -0.1) is 0 Å². The number of amides is 1. The van der Waals surface area contributed by atoms with E-state index in [-0.39, 0.29) is 11.9 Å². The van der Waals surface area contributed by atoms with E-state index in [1.165, 1.54) is 0 Å². The monoisotopic (exact) mass is 279 g/mol. The molecule has 1 aromatic heterocycles. The predicted octanol–water partition coefficient (Wildman–Crippen LogP) is 3.40. The number of furan rings is 1. The highest BCUT2D eigenvalue weighted by molar-refractivity contribution is 5.76. The molecule has 2 rings (SSSR count). The molecule has 1 fully saturated rings. The number of likely N-dealkylation sites (tertiary alicyclic amines) is 1. The molecule has 0 bridgehead atoms. The fourth-order valence-electron chi connectivity index (χ4n) is 2.80. The third-order valence-electron chi connectivity index (χ3n) is 3.94. The zero-order valence-electron chi connectivity index (χ0n) is 12.5. The topological polar surface area (TPSA) is 42.7 Å². The van der Waals surface area contributed by atoms with Crippen molar-refractivity contribution in [1.82, 2.24) is 4.90 Å². The van der Waals surface area contributed by atoms with E-state index < -0.39 is 0 Å². The molecule has 0 spiro atoms. The van der Waals surface area contributed by atoms with Gasteiger partial charge in [0.15, 0.2) is 0 Å². The molecular formula is C16H25NO3. The van der Waals surface area contributed by atoms with Crippen molar-refractivity contribution in [2.75, 3.05) is 19.8 Å². The summed E-state index contributed by atoms with van der Waals surface area (Å²) in [7, 11) is 0. The summed E-state index contributed by atoms with van der Waals surface area (Å²) in [6.45, 7) is 6.43. The van der Waals surface area contributed by atoms with Gasteiger partial charge in [0.1, 0.15) is 5.76 Å². The minimum Gasteiger partial charge on any atom is -0.467 e. The van der Waals surface area contributed by atoms with E-state index >= 15 is 0 Å². The van der Waals surface area contributed by atoms with Gasteiger partial charge in [-0.2, -0.15) is 0 Å². The van der Waals surface area contributed by atoms with E-state index in [0.717, 1.165) is 31.6 Å². The summed E-state index contributed by atoms with van der Waals surface area (Å²) in [5, 5.41) is 0. The number of carbonyl (C=O) groups excluding carboxylic acids is 1. The first-order valence-corrected chi connectivity index (χ1v) is 7.63. The molecule has 1 aromatic rings. The average Bonchev–Trinajstić information content (AvgIpc) is 2.97. The number of hydrogen-bond acceptors (Lipinski definition) is 3. The fourth-order valence-corrected chi connectivity index (χ4v) is 2.80. The van der Waals surface area contributed by atoms with Gasteiger partial charge in [-0.05, 0) is 44.2 Å². The lowest BCUT2D eigenvalue weighted by Gasteiger charge is -2.37. The van der Waals surface area contributed by atoms with Crippen LogP contribution in [0.4, 0.5) is 0 Å². The molecule has 0 aliphatic carbocycles. The summed E-state index contributed by atoms with van der Waals surface area (Å²) in [4.78, 5) is 14.4. The van der Waals surface area contributed by atoms with Crippen LogP contribution in [0.1, 0.15) is 51.3 Å². The molecule has 1 amide bonds. The molecule has 4 heteroatoms. The zero-order chi connectivity index (χ0) is 14.4. The van der Waals surface area contributed by atoms with Gasteiger partial charge in [-0.1, -0.05) is 6.92 Å². The Hall–Kier alpha value is -1.29. The first-order valence-electron chi connectivity index (χ1n) is 7.63. The average molecular weight is 279 g/mol. The standard InChI is InChI=1S/C16H25NO3/c1-3-19-10-5-7-16(18)17-9-8-13(2)12-14(17)15-6-4-11-20-15/h4,6,11,13-14H,3,5,7-10,12H2,1-2H3/t13-,14+/m1/s1. The summed E-state index contributed by atoms with van der Waals surface area (Å²) in [6.07, 6.45) is 5.11. The van der Waals surface area contributed by atoms with Crippen LogP contribution in [0.3, 0.4) is 0 Å². The quantitative estimate of drug-likeness (QED) is 0.750. The fraction of sp³-hybridized carbons (Fsp3) is 0.688. The number of hydrogen-bond donors (Lipinski definition) is 0. The molecule has 4 nitrogen and oxygen atoms in total. The number of nitrogens with zero attached hydrogens (tertiary/aromatic N) is 1. The highest BCUT2D eigenvalue weighted by atomic mass is 16.5. The van der Waals surface area contributed by atoms with Crippen LogP contribution in [0.5, 0.6) is 0 Å². The molecule has 2 heterocycles. The second-order valence-corrected chi connectivity index (χ2v) is 5.55. The van der Waals surface area contributed by atoms with Gasteiger partial charge >= 0.3 is 0 Å². The molecule has 0 unspecified atom stereocenters. The van der Waals surface area contributed by atoms with Crippen LogP contribution < -0.4 is 0 Å². The molecule has 1 saturated heterocycles. The van der Waals surface area contributed by atoms with Crippen LogP contribution in [0, 0.1) is 5.92 Å². The van der Waals surface area contributed by atoms with Crippen LogP contribution >= 0.6 is 0 Å². The van der Waals surface area contributed by atoms with Gasteiger partial charge in [-0.25, -0.2) is 0 Å². The van der Waals surface area contributed by atoms with Gasteiger partial charge < -0.3 is 14.1 Å². The largest absolute Gasteiger partial charge is 0.467 e. The van der Waals surface area contributed by atoms with Crippen LogP contribution in [0.25, 0.3) is 0 Å². The molecule has 0 radical (unpaired) electrons. The number of rotatable bonds is 6. The second-order valence-electron chi connectivity index (χ2n) is 5.55. The van der Waals surface area contributed by atoms with Gasteiger partial charge in [0.05, 0.1) is 12.3 Å². The molecule has 0 saturated carbocycles. The summed E-state index contributed by atoms with van der Waals surface area (Å²) >= 11 is 0. The van der Waals surface area contributed by atoms with Crippen molar-refractivity contribution >= 4 is 5.91 Å². The third kappa shape index (κ3) is 3.85.